The van der Waals surface area contributed by atoms with Crippen LogP contribution in [-0.2, 0) is 10.3 Å². The summed E-state index contributed by atoms with van der Waals surface area (Å²) in [4.78, 5) is 0. The number of epoxide rings is 1. The maximum absolute atomic E-state index is 6.22. The number of ether oxygens (including phenoxy) is 1. The fraction of sp³-hybridized carbons (Fsp3) is 0.455. The van der Waals surface area contributed by atoms with Gasteiger partial charge in [0.05, 0.1) is 6.61 Å². The smallest absolute Gasteiger partial charge is 0.121 e. The van der Waals surface area contributed by atoms with Crippen LogP contribution in [0.3, 0.4) is 0 Å². The van der Waals surface area contributed by atoms with Gasteiger partial charge in [0, 0.05) is 15.1 Å². The van der Waals surface area contributed by atoms with Crippen LogP contribution in [0.5, 0.6) is 0 Å². The van der Waals surface area contributed by atoms with E-state index in [1.165, 1.54) is 18.4 Å². The van der Waals surface area contributed by atoms with Gasteiger partial charge in [-0.1, -0.05) is 33.6 Å². The lowest BCUT2D eigenvalue weighted by molar-refractivity contribution is 0.278. The number of benzene rings is 1. The molecule has 1 nitrogen and oxygen atoms in total. The third-order valence-electron chi connectivity index (χ3n) is 3.08. The molecule has 1 atom stereocenters. The van der Waals surface area contributed by atoms with Gasteiger partial charge < -0.3 is 4.74 Å². The Labute approximate surface area is 96.5 Å². The maximum atomic E-state index is 6.22. The highest BCUT2D eigenvalue weighted by Gasteiger charge is 2.58. The van der Waals surface area contributed by atoms with Gasteiger partial charge in [0.25, 0.3) is 0 Å². The predicted molar refractivity (Wildman–Crippen MR) is 59.5 cm³/mol. The van der Waals surface area contributed by atoms with E-state index >= 15 is 0 Å². The van der Waals surface area contributed by atoms with Crippen molar-refractivity contribution in [2.24, 2.45) is 5.92 Å². The minimum atomic E-state index is -0.0161. The van der Waals surface area contributed by atoms with Gasteiger partial charge in [-0.3, -0.25) is 0 Å². The molecule has 3 heteroatoms. The van der Waals surface area contributed by atoms with E-state index in [0.717, 1.165) is 16.1 Å². The minimum Gasteiger partial charge on any atom is -0.364 e. The Morgan fingerprint density at radius 1 is 1.43 bits per heavy atom. The molecule has 1 saturated heterocycles. The molecule has 74 valence electrons. The monoisotopic (exact) mass is 272 g/mol. The van der Waals surface area contributed by atoms with E-state index in [4.69, 9.17) is 16.3 Å². The first kappa shape index (κ1) is 9.20. The summed E-state index contributed by atoms with van der Waals surface area (Å²) in [7, 11) is 0. The summed E-state index contributed by atoms with van der Waals surface area (Å²) in [5.74, 6) is 0.709. The van der Waals surface area contributed by atoms with Crippen LogP contribution < -0.4 is 0 Å². The Kier molecular flexibility index (Phi) is 1.95. The highest BCUT2D eigenvalue weighted by Crippen LogP contribution is 2.57. The molecule has 0 aromatic heterocycles. The number of hydrogen-bond acceptors (Lipinski definition) is 1. The van der Waals surface area contributed by atoms with Crippen LogP contribution in [0.25, 0.3) is 0 Å². The molecule has 0 bridgehead atoms. The Morgan fingerprint density at radius 2 is 2.14 bits per heavy atom. The molecule has 3 rings (SSSR count). The first-order valence-corrected chi connectivity index (χ1v) is 5.99. The number of hydrogen-bond donors (Lipinski definition) is 0. The summed E-state index contributed by atoms with van der Waals surface area (Å²) in [6.07, 6.45) is 2.57. The molecular weight excluding hydrogens is 263 g/mol. The Balaban J connectivity index is 2.03. The molecule has 0 radical (unpaired) electrons. The average molecular weight is 274 g/mol. The highest BCUT2D eigenvalue weighted by atomic mass is 79.9. The van der Waals surface area contributed by atoms with Crippen molar-refractivity contribution in [3.05, 3.63) is 33.3 Å². The molecule has 0 unspecified atom stereocenters. The topological polar surface area (TPSA) is 12.5 Å². The zero-order valence-electron chi connectivity index (χ0n) is 7.59. The molecular formula is C11H10BrClO. The van der Waals surface area contributed by atoms with Crippen LogP contribution in [0.4, 0.5) is 0 Å². The van der Waals surface area contributed by atoms with Gasteiger partial charge in [0.15, 0.2) is 0 Å². The van der Waals surface area contributed by atoms with E-state index < -0.39 is 0 Å². The van der Waals surface area contributed by atoms with Crippen molar-refractivity contribution in [3.8, 4) is 0 Å². The van der Waals surface area contributed by atoms with Gasteiger partial charge in [-0.15, -0.1) is 0 Å². The summed E-state index contributed by atoms with van der Waals surface area (Å²) >= 11 is 9.63. The second-order valence-corrected chi connectivity index (χ2v) is 5.40. The van der Waals surface area contributed by atoms with Gasteiger partial charge in [0.1, 0.15) is 5.60 Å². The van der Waals surface area contributed by atoms with Crippen LogP contribution >= 0.6 is 27.5 Å². The molecule has 0 amide bonds. The van der Waals surface area contributed by atoms with E-state index in [1.54, 1.807) is 0 Å². The maximum Gasteiger partial charge on any atom is 0.121 e. The molecule has 2 aliphatic rings. The van der Waals surface area contributed by atoms with Crippen LogP contribution in [0, 0.1) is 5.92 Å². The molecule has 0 N–H and O–H groups in total. The van der Waals surface area contributed by atoms with Gasteiger partial charge in [-0.2, -0.15) is 0 Å². The van der Waals surface area contributed by atoms with E-state index in [1.807, 2.05) is 12.1 Å². The highest BCUT2D eigenvalue weighted by molar-refractivity contribution is 9.10. The summed E-state index contributed by atoms with van der Waals surface area (Å²) < 4.78 is 6.65. The largest absolute Gasteiger partial charge is 0.364 e. The second-order valence-electron chi connectivity index (χ2n) is 4.08. The van der Waals surface area contributed by atoms with E-state index in [9.17, 15) is 0 Å². The summed E-state index contributed by atoms with van der Waals surface area (Å²) in [6.45, 7) is 0.846. The lowest BCUT2D eigenvalue weighted by Gasteiger charge is -2.12. The molecule has 1 aromatic rings. The summed E-state index contributed by atoms with van der Waals surface area (Å²) in [5.41, 5.74) is 1.16. The first-order chi connectivity index (χ1) is 6.72. The fourth-order valence-corrected chi connectivity index (χ4v) is 2.90. The Bertz CT molecular complexity index is 383. The van der Waals surface area contributed by atoms with E-state index in [0.29, 0.717) is 5.92 Å². The predicted octanol–water partition coefficient (Wildman–Crippen LogP) is 3.74. The van der Waals surface area contributed by atoms with Gasteiger partial charge in [-0.25, -0.2) is 0 Å². The van der Waals surface area contributed by atoms with Crippen molar-refractivity contribution < 1.29 is 4.74 Å². The van der Waals surface area contributed by atoms with E-state index in [2.05, 4.69) is 22.0 Å². The van der Waals surface area contributed by atoms with Crippen molar-refractivity contribution in [3.63, 3.8) is 0 Å². The molecule has 1 aliphatic heterocycles. The van der Waals surface area contributed by atoms with Crippen molar-refractivity contribution in [2.45, 2.75) is 18.4 Å². The zero-order valence-corrected chi connectivity index (χ0v) is 9.94. The molecule has 1 heterocycles. The second kappa shape index (κ2) is 2.97. The molecule has 14 heavy (non-hydrogen) atoms. The first-order valence-electron chi connectivity index (χ1n) is 4.82. The molecule has 0 spiro atoms. The average Bonchev–Trinajstić information content (AvgIpc) is 2.99. The van der Waals surface area contributed by atoms with Crippen LogP contribution in [0.15, 0.2) is 22.7 Å². The van der Waals surface area contributed by atoms with Crippen molar-refractivity contribution in [2.75, 3.05) is 6.61 Å². The van der Waals surface area contributed by atoms with Gasteiger partial charge >= 0.3 is 0 Å². The molecule has 1 saturated carbocycles. The minimum absolute atomic E-state index is 0.0161. The fourth-order valence-electron chi connectivity index (χ4n) is 2.07. The van der Waals surface area contributed by atoms with Crippen LogP contribution in [0.1, 0.15) is 18.4 Å². The van der Waals surface area contributed by atoms with Gasteiger partial charge in [-0.05, 0) is 30.9 Å². The Morgan fingerprint density at radius 3 is 2.64 bits per heavy atom. The lowest BCUT2D eigenvalue weighted by atomic mass is 9.95. The summed E-state index contributed by atoms with van der Waals surface area (Å²) in [5, 5.41) is 0.823. The van der Waals surface area contributed by atoms with Crippen LogP contribution in [-0.4, -0.2) is 6.61 Å². The third-order valence-corrected chi connectivity index (χ3v) is 3.89. The lowest BCUT2D eigenvalue weighted by Crippen LogP contribution is -2.11. The standard InChI is InChI=1S/C11H10BrClO/c12-8-3-4-9(10(13)5-8)11(6-14-11)7-1-2-7/h3-5,7H,1-2,6H2/t11-/m1/s1. The van der Waals surface area contributed by atoms with E-state index in [-0.39, 0.29) is 5.60 Å². The zero-order chi connectivity index (χ0) is 9.76. The normalized spacial score (nSPS) is 30.4. The van der Waals surface area contributed by atoms with Crippen molar-refractivity contribution >= 4 is 27.5 Å². The number of halogens is 2. The third kappa shape index (κ3) is 1.32. The van der Waals surface area contributed by atoms with Gasteiger partial charge in [0.2, 0.25) is 0 Å². The van der Waals surface area contributed by atoms with Crippen LogP contribution in [0.2, 0.25) is 5.02 Å². The SMILES string of the molecule is Clc1cc(Br)ccc1[C@]1(C2CC2)CO1. The van der Waals surface area contributed by atoms with Crippen molar-refractivity contribution in [1.29, 1.82) is 0 Å². The Hall–Kier alpha value is -0.0500. The quantitative estimate of drug-likeness (QED) is 0.748. The molecule has 1 aromatic carbocycles. The molecule has 2 fully saturated rings. The molecule has 1 aliphatic carbocycles. The van der Waals surface area contributed by atoms with Crippen molar-refractivity contribution in [1.82, 2.24) is 0 Å². The summed E-state index contributed by atoms with van der Waals surface area (Å²) in [6, 6.07) is 6.06. The number of rotatable bonds is 2.